The van der Waals surface area contributed by atoms with Gasteiger partial charge in [0.25, 0.3) is 11.9 Å². The molecule has 1 saturated carbocycles. The van der Waals surface area contributed by atoms with Crippen LogP contribution in [0, 0.1) is 5.92 Å². The first-order valence-electron chi connectivity index (χ1n) is 21.6. The number of allylic oxidation sites excluding steroid dienone is 1. The van der Waals surface area contributed by atoms with E-state index >= 15 is 0 Å². The molecule has 2 aromatic heterocycles. The van der Waals surface area contributed by atoms with E-state index < -0.39 is 69.3 Å². The average molecular weight is 919 g/mol. The highest BCUT2D eigenvalue weighted by molar-refractivity contribution is 7.87. The summed E-state index contributed by atoms with van der Waals surface area (Å²) in [5.41, 5.74) is 1.62. The maximum absolute atomic E-state index is 14.7. The van der Waals surface area contributed by atoms with Crippen molar-refractivity contribution in [2.24, 2.45) is 5.92 Å². The largest absolute Gasteiger partial charge is 0.497 e. The molecule has 2 aliphatic heterocycles. The molecule has 1 aliphatic carbocycles. The molecule has 5 atom stereocenters. The molecule has 4 heterocycles. The van der Waals surface area contributed by atoms with Gasteiger partial charge >= 0.3 is 16.3 Å². The van der Waals surface area contributed by atoms with Crippen LogP contribution in [-0.2, 0) is 29.3 Å². The minimum Gasteiger partial charge on any atom is -0.497 e. The number of rotatable bonds is 10. The Morgan fingerprint density at radius 3 is 2.48 bits per heavy atom. The number of fused-ring (bicyclic) bond motifs is 3. The highest BCUT2D eigenvalue weighted by Crippen LogP contribution is 2.46. The van der Waals surface area contributed by atoms with Gasteiger partial charge in [-0.1, -0.05) is 31.1 Å². The molecule has 0 spiro atoms. The molecule has 3 aliphatic rings. The van der Waals surface area contributed by atoms with Crippen LogP contribution in [0.2, 0.25) is 0 Å². The van der Waals surface area contributed by atoms with E-state index in [0.29, 0.717) is 24.8 Å². The molecule has 19 heteroatoms. The number of benzene rings is 2. The van der Waals surface area contributed by atoms with Crippen LogP contribution >= 0.6 is 11.3 Å². The summed E-state index contributed by atoms with van der Waals surface area (Å²) >= 11 is 1.49. The fourth-order valence-corrected chi connectivity index (χ4v) is 9.66. The van der Waals surface area contributed by atoms with E-state index in [2.05, 4.69) is 15.4 Å². The second-order valence-corrected chi connectivity index (χ2v) is 20.8. The van der Waals surface area contributed by atoms with Crippen LogP contribution in [0.1, 0.15) is 85.6 Å². The van der Waals surface area contributed by atoms with Gasteiger partial charge in [-0.3, -0.25) is 19.0 Å². The van der Waals surface area contributed by atoms with E-state index in [1.807, 2.05) is 78.4 Å². The van der Waals surface area contributed by atoms with Gasteiger partial charge in [0.2, 0.25) is 11.8 Å². The number of amides is 4. The molecule has 7 rings (SSSR count). The zero-order valence-corrected chi connectivity index (χ0v) is 39.2. The molecule has 344 valence electrons. The topological polar surface area (TPSA) is 203 Å². The van der Waals surface area contributed by atoms with Gasteiger partial charge in [-0.15, -0.1) is 11.3 Å². The number of para-hydroxylation sites is 1. The first-order valence-corrected chi connectivity index (χ1v) is 23.9. The Labute approximate surface area is 378 Å². The zero-order chi connectivity index (χ0) is 46.1. The predicted molar refractivity (Wildman–Crippen MR) is 243 cm³/mol. The molecule has 3 N–H and O–H groups in total. The number of hydrogen-bond donors (Lipinski definition) is 3. The maximum Gasteiger partial charge on any atom is 0.408 e. The Morgan fingerprint density at radius 1 is 1.05 bits per heavy atom. The van der Waals surface area contributed by atoms with Crippen molar-refractivity contribution in [2.75, 3.05) is 27.7 Å². The van der Waals surface area contributed by atoms with Crippen molar-refractivity contribution in [3.8, 4) is 33.6 Å². The van der Waals surface area contributed by atoms with Crippen LogP contribution in [0.15, 0.2) is 60.0 Å². The molecule has 4 aromatic rings. The number of imidazole rings is 1. The summed E-state index contributed by atoms with van der Waals surface area (Å²) in [5.74, 6) is -1.78. The van der Waals surface area contributed by atoms with Gasteiger partial charge in [-0.05, 0) is 96.7 Å². The van der Waals surface area contributed by atoms with E-state index in [-0.39, 0.29) is 31.4 Å². The van der Waals surface area contributed by atoms with Crippen LogP contribution < -0.4 is 24.8 Å². The second kappa shape index (κ2) is 18.5. The Kier molecular flexibility index (Phi) is 13.4. The summed E-state index contributed by atoms with van der Waals surface area (Å²) in [6.07, 6.45) is 5.49. The van der Waals surface area contributed by atoms with E-state index in [1.165, 1.54) is 30.3 Å². The molecule has 0 unspecified atom stereocenters. The summed E-state index contributed by atoms with van der Waals surface area (Å²) < 4.78 is 48.2. The van der Waals surface area contributed by atoms with Crippen LogP contribution in [0.5, 0.6) is 11.8 Å². The lowest BCUT2D eigenvalue weighted by atomic mass is 10.0. The number of thiazole rings is 1. The van der Waals surface area contributed by atoms with Crippen LogP contribution in [0.3, 0.4) is 0 Å². The zero-order valence-electron chi connectivity index (χ0n) is 37.5. The third kappa shape index (κ3) is 10.1. The number of nitrogens with one attached hydrogen (secondary N) is 3. The summed E-state index contributed by atoms with van der Waals surface area (Å²) in [6.45, 7) is 9.16. The molecule has 2 aromatic carbocycles. The van der Waals surface area contributed by atoms with Gasteiger partial charge in [0.15, 0.2) is 0 Å². The molecular weight excluding hydrogens is 861 g/mol. The lowest BCUT2D eigenvalue weighted by Crippen LogP contribution is -2.58. The fourth-order valence-electron chi connectivity index (χ4n) is 8.21. The number of nitrogens with zero attached hydrogens (tertiary/aromatic N) is 5. The number of aromatic nitrogens is 3. The molecule has 4 amide bonds. The third-order valence-electron chi connectivity index (χ3n) is 11.6. The number of alkyl carbamates (subject to hydrolysis) is 1. The SMILES string of the molecule is COc1ccc(-c2csc(-c3cccc4c3nc(O[C@@H]3C[C@H]5C(=O)N[C@]6(C(=O)NS(=O)(=O)N(C)C)C[C@H]6C=CCCCCC[C@H](NC(=O)OC(C)(C)C)C(=O)N5C3)n4C(C)C)n2)cc1. The van der Waals surface area contributed by atoms with Gasteiger partial charge in [-0.2, -0.15) is 17.7 Å². The van der Waals surface area contributed by atoms with Gasteiger partial charge < -0.3 is 29.7 Å². The average Bonchev–Trinajstić information content (AvgIpc) is 3.58. The van der Waals surface area contributed by atoms with Crippen LogP contribution in [-0.4, -0.2) is 113 Å². The predicted octanol–water partition coefficient (Wildman–Crippen LogP) is 5.98. The Morgan fingerprint density at radius 2 is 1.80 bits per heavy atom. The number of ether oxygens (including phenoxy) is 3. The quantitative estimate of drug-likeness (QED) is 0.158. The second-order valence-electron chi connectivity index (χ2n) is 18.0. The Balaban J connectivity index is 1.22. The van der Waals surface area contributed by atoms with Crippen molar-refractivity contribution in [1.82, 2.24) is 39.1 Å². The van der Waals surface area contributed by atoms with Gasteiger partial charge in [0, 0.05) is 49.0 Å². The highest BCUT2D eigenvalue weighted by atomic mass is 32.2. The molecule has 0 radical (unpaired) electrons. The normalized spacial score (nSPS) is 23.2. The van der Waals surface area contributed by atoms with Gasteiger partial charge in [-0.25, -0.2) is 14.5 Å². The smallest absolute Gasteiger partial charge is 0.408 e. The van der Waals surface area contributed by atoms with E-state index in [4.69, 9.17) is 24.2 Å². The number of hydrogen-bond acceptors (Lipinski definition) is 12. The van der Waals surface area contributed by atoms with Crippen LogP contribution in [0.25, 0.3) is 32.9 Å². The van der Waals surface area contributed by atoms with Crippen LogP contribution in [0.4, 0.5) is 4.79 Å². The molecule has 0 bridgehead atoms. The van der Waals surface area contributed by atoms with Crippen molar-refractivity contribution < 1.29 is 41.8 Å². The monoisotopic (exact) mass is 918 g/mol. The van der Waals surface area contributed by atoms with E-state index in [1.54, 1.807) is 27.9 Å². The summed E-state index contributed by atoms with van der Waals surface area (Å²) in [6, 6.07) is 11.5. The Bertz CT molecular complexity index is 2530. The van der Waals surface area contributed by atoms with Crippen molar-refractivity contribution >= 4 is 56.4 Å². The molecule has 2 fully saturated rings. The highest BCUT2D eigenvalue weighted by Gasteiger charge is 2.62. The first kappa shape index (κ1) is 46.5. The molecule has 17 nitrogen and oxygen atoms in total. The lowest BCUT2D eigenvalue weighted by molar-refractivity contribution is -0.141. The van der Waals surface area contributed by atoms with Crippen molar-refractivity contribution in [3.05, 3.63) is 60.0 Å². The molecule has 64 heavy (non-hydrogen) atoms. The summed E-state index contributed by atoms with van der Waals surface area (Å²) in [7, 11) is 0.0183. The summed E-state index contributed by atoms with van der Waals surface area (Å²) in [4.78, 5) is 67.8. The number of carbonyl (C=O) groups excluding carboxylic acids is 4. The molecular formula is C45H58N8O9S2. The van der Waals surface area contributed by atoms with Gasteiger partial charge in [0.05, 0.1) is 24.9 Å². The third-order valence-corrected chi connectivity index (χ3v) is 13.9. The standard InChI is InChI=1S/C45H58N8O9S2/c1-27(2)53-35-18-14-16-32(39-46-34(26-63-39)28-19-21-30(60-8)22-20-28)37(35)48-42(53)61-31-23-36-38(54)49-45(41(56)50-64(58,59)51(6)7)24-29(45)15-12-10-9-11-13-17-33(40(55)52(36)25-31)47-43(57)62-44(3,4)5/h12,14-16,18-22,26-27,29,31,33,36H,9-11,13,17,23-25H2,1-8H3,(H,47,57)(H,49,54)(H,50,56)/t29-,31-,33+,36+,45-/m1/s1. The van der Waals surface area contributed by atoms with Crippen molar-refractivity contribution in [1.29, 1.82) is 0 Å². The van der Waals surface area contributed by atoms with E-state index in [9.17, 15) is 27.6 Å². The Hall–Kier alpha value is -5.53. The lowest BCUT2D eigenvalue weighted by Gasteiger charge is -2.30. The number of carbonyl (C=O) groups is 4. The first-order chi connectivity index (χ1) is 30.3. The van der Waals surface area contributed by atoms with Crippen molar-refractivity contribution in [2.45, 2.75) is 115 Å². The molecule has 1 saturated heterocycles. The van der Waals surface area contributed by atoms with Crippen molar-refractivity contribution in [3.63, 3.8) is 0 Å². The minimum atomic E-state index is -4.20. The number of methoxy groups -OCH3 is 1. The maximum atomic E-state index is 14.7. The van der Waals surface area contributed by atoms with E-state index in [0.717, 1.165) is 50.2 Å². The fraction of sp³-hybridized carbons (Fsp3) is 0.511. The minimum absolute atomic E-state index is 0.0107. The van der Waals surface area contributed by atoms with Gasteiger partial charge in [0.1, 0.15) is 45.6 Å². The summed E-state index contributed by atoms with van der Waals surface area (Å²) in [5, 5.41) is 8.40.